The Bertz CT molecular complexity index is 768. The fraction of sp³-hybridized carbons (Fsp3) is 0.143. The fourth-order valence-electron chi connectivity index (χ4n) is 1.66. The van der Waals surface area contributed by atoms with Gasteiger partial charge in [-0.3, -0.25) is 4.79 Å². The first kappa shape index (κ1) is 15.7. The van der Waals surface area contributed by atoms with Crippen LogP contribution in [0.15, 0.2) is 38.1 Å². The first-order chi connectivity index (χ1) is 10.0. The molecule has 0 atom stereocenters. The molecule has 2 rings (SSSR count). The van der Waals surface area contributed by atoms with Crippen LogP contribution in [0.25, 0.3) is 0 Å². The Balaban J connectivity index is 2.21. The van der Waals surface area contributed by atoms with Crippen molar-refractivity contribution in [2.45, 2.75) is 13.1 Å². The number of nitrogens with one attached hydrogen (secondary N) is 1. The molecule has 2 aromatic rings. The van der Waals surface area contributed by atoms with E-state index in [1.807, 2.05) is 0 Å². The second-order valence-corrected chi connectivity index (χ2v) is 5.78. The summed E-state index contributed by atoms with van der Waals surface area (Å²) in [4.78, 5) is 12.0. The van der Waals surface area contributed by atoms with Gasteiger partial charge in [-0.2, -0.15) is 5.10 Å². The molecule has 7 heteroatoms. The van der Waals surface area contributed by atoms with E-state index in [4.69, 9.17) is 6.42 Å². The molecular formula is C14H10Br2FN3O. The van der Waals surface area contributed by atoms with Gasteiger partial charge in [-0.15, -0.1) is 6.42 Å². The van der Waals surface area contributed by atoms with Gasteiger partial charge in [0.25, 0.3) is 5.56 Å². The molecule has 0 spiro atoms. The van der Waals surface area contributed by atoms with Crippen LogP contribution in [0.4, 0.5) is 10.1 Å². The highest BCUT2D eigenvalue weighted by Gasteiger charge is 2.09. The maximum absolute atomic E-state index is 13.2. The molecule has 0 aliphatic carbocycles. The van der Waals surface area contributed by atoms with E-state index in [1.54, 1.807) is 6.07 Å². The summed E-state index contributed by atoms with van der Waals surface area (Å²) in [5.41, 5.74) is 0.926. The van der Waals surface area contributed by atoms with E-state index in [1.165, 1.54) is 23.0 Å². The lowest BCUT2D eigenvalue weighted by atomic mass is 10.2. The highest BCUT2D eigenvalue weighted by Crippen LogP contribution is 2.21. The number of halogens is 3. The van der Waals surface area contributed by atoms with Crippen molar-refractivity contribution in [3.05, 3.63) is 55.1 Å². The minimum absolute atomic E-state index is 0.104. The summed E-state index contributed by atoms with van der Waals surface area (Å²) in [7, 11) is 0. The Hall–Kier alpha value is -1.65. The molecule has 108 valence electrons. The van der Waals surface area contributed by atoms with Crippen LogP contribution in [0.5, 0.6) is 0 Å². The third kappa shape index (κ3) is 3.71. The third-order valence-electron chi connectivity index (χ3n) is 2.70. The van der Waals surface area contributed by atoms with Gasteiger partial charge in [0.15, 0.2) is 0 Å². The SMILES string of the molecule is C#CCn1ncc(NCc2cc(F)ccc2Br)c(Br)c1=O. The topological polar surface area (TPSA) is 46.9 Å². The van der Waals surface area contributed by atoms with E-state index in [9.17, 15) is 9.18 Å². The minimum atomic E-state index is -0.323. The van der Waals surface area contributed by atoms with Crippen molar-refractivity contribution in [1.82, 2.24) is 9.78 Å². The van der Waals surface area contributed by atoms with Crippen LogP contribution in [0.2, 0.25) is 0 Å². The summed E-state index contributed by atoms with van der Waals surface area (Å²) in [5.74, 6) is 2.03. The summed E-state index contributed by atoms with van der Waals surface area (Å²) in [6.07, 6.45) is 6.66. The zero-order valence-electron chi connectivity index (χ0n) is 10.7. The maximum atomic E-state index is 13.2. The number of nitrogens with zero attached hydrogens (tertiary/aromatic N) is 2. The van der Waals surface area contributed by atoms with Gasteiger partial charge in [0.05, 0.1) is 11.9 Å². The van der Waals surface area contributed by atoms with Gasteiger partial charge in [-0.05, 0) is 39.7 Å². The smallest absolute Gasteiger partial charge is 0.284 e. The predicted molar refractivity (Wildman–Crippen MR) is 86.5 cm³/mol. The molecule has 0 amide bonds. The summed E-state index contributed by atoms with van der Waals surface area (Å²) < 4.78 is 15.5. The van der Waals surface area contributed by atoms with Crippen LogP contribution in [0.3, 0.4) is 0 Å². The van der Waals surface area contributed by atoms with E-state index >= 15 is 0 Å². The zero-order valence-corrected chi connectivity index (χ0v) is 13.9. The molecule has 0 radical (unpaired) electrons. The lowest BCUT2D eigenvalue weighted by Gasteiger charge is -2.10. The Morgan fingerprint density at radius 1 is 1.43 bits per heavy atom. The molecule has 0 saturated heterocycles. The van der Waals surface area contributed by atoms with E-state index < -0.39 is 0 Å². The van der Waals surface area contributed by atoms with Crippen molar-refractivity contribution in [1.29, 1.82) is 0 Å². The Kier molecular flexibility index (Phi) is 5.15. The summed E-state index contributed by atoms with van der Waals surface area (Å²) in [5, 5.41) is 7.00. The molecule has 0 saturated carbocycles. The summed E-state index contributed by atoms with van der Waals surface area (Å²) in [6.45, 7) is 0.449. The van der Waals surface area contributed by atoms with Gasteiger partial charge in [0.2, 0.25) is 0 Å². The van der Waals surface area contributed by atoms with Crippen LogP contribution in [-0.2, 0) is 13.1 Å². The highest BCUT2D eigenvalue weighted by molar-refractivity contribution is 9.10. The molecule has 21 heavy (non-hydrogen) atoms. The molecule has 1 heterocycles. The molecule has 4 nitrogen and oxygen atoms in total. The molecule has 0 unspecified atom stereocenters. The lowest BCUT2D eigenvalue weighted by molar-refractivity contribution is 0.625. The largest absolute Gasteiger partial charge is 0.379 e. The van der Waals surface area contributed by atoms with Crippen molar-refractivity contribution in [2.24, 2.45) is 0 Å². The van der Waals surface area contributed by atoms with Crippen molar-refractivity contribution < 1.29 is 4.39 Å². The van der Waals surface area contributed by atoms with Gasteiger partial charge in [0, 0.05) is 11.0 Å². The number of hydrogen-bond acceptors (Lipinski definition) is 3. The van der Waals surface area contributed by atoms with E-state index in [0.717, 1.165) is 10.0 Å². The monoisotopic (exact) mass is 413 g/mol. The average molecular weight is 415 g/mol. The molecular weight excluding hydrogens is 405 g/mol. The second kappa shape index (κ2) is 6.87. The number of rotatable bonds is 4. The van der Waals surface area contributed by atoms with Gasteiger partial charge in [0.1, 0.15) is 16.8 Å². The first-order valence-corrected chi connectivity index (χ1v) is 7.48. The number of anilines is 1. The van der Waals surface area contributed by atoms with E-state index in [-0.39, 0.29) is 17.9 Å². The van der Waals surface area contributed by atoms with Crippen LogP contribution in [0, 0.1) is 18.2 Å². The van der Waals surface area contributed by atoms with Crippen LogP contribution in [0.1, 0.15) is 5.56 Å². The van der Waals surface area contributed by atoms with Crippen LogP contribution >= 0.6 is 31.9 Å². The number of aromatic nitrogens is 2. The summed E-state index contributed by atoms with van der Waals surface area (Å²) >= 11 is 6.56. The third-order valence-corrected chi connectivity index (χ3v) is 4.24. The molecule has 1 N–H and O–H groups in total. The number of terminal acetylenes is 1. The predicted octanol–water partition coefficient (Wildman–Crippen LogP) is 3.15. The van der Waals surface area contributed by atoms with Crippen LogP contribution in [-0.4, -0.2) is 9.78 Å². The molecule has 0 fully saturated rings. The quantitative estimate of drug-likeness (QED) is 0.781. The van der Waals surface area contributed by atoms with Crippen molar-refractivity contribution in [3.8, 4) is 12.3 Å². The van der Waals surface area contributed by atoms with Crippen molar-refractivity contribution >= 4 is 37.5 Å². The Labute approximate surface area is 137 Å². The maximum Gasteiger partial charge on any atom is 0.284 e. The van der Waals surface area contributed by atoms with Gasteiger partial charge >= 0.3 is 0 Å². The normalized spacial score (nSPS) is 10.2. The number of hydrogen-bond donors (Lipinski definition) is 1. The standard InChI is InChI=1S/C14H10Br2FN3O/c1-2-5-20-14(21)13(16)12(8-19-20)18-7-9-6-10(17)3-4-11(9)15/h1,3-4,6,8,18H,5,7H2. The molecule has 0 bridgehead atoms. The second-order valence-electron chi connectivity index (χ2n) is 4.13. The number of benzene rings is 1. The van der Waals surface area contributed by atoms with Crippen molar-refractivity contribution in [2.75, 3.05) is 5.32 Å². The molecule has 0 aliphatic rings. The first-order valence-electron chi connectivity index (χ1n) is 5.90. The lowest BCUT2D eigenvalue weighted by Crippen LogP contribution is -2.24. The minimum Gasteiger partial charge on any atom is -0.379 e. The van der Waals surface area contributed by atoms with Gasteiger partial charge < -0.3 is 5.32 Å². The average Bonchev–Trinajstić information content (AvgIpc) is 2.46. The molecule has 1 aromatic carbocycles. The summed E-state index contributed by atoms with van der Waals surface area (Å²) in [6, 6.07) is 4.41. The van der Waals surface area contributed by atoms with Gasteiger partial charge in [-0.25, -0.2) is 9.07 Å². The van der Waals surface area contributed by atoms with E-state index in [2.05, 4.69) is 48.2 Å². The van der Waals surface area contributed by atoms with E-state index in [0.29, 0.717) is 16.7 Å². The molecule has 1 aromatic heterocycles. The highest BCUT2D eigenvalue weighted by atomic mass is 79.9. The molecule has 0 aliphatic heterocycles. The van der Waals surface area contributed by atoms with Gasteiger partial charge in [-0.1, -0.05) is 21.9 Å². The Morgan fingerprint density at radius 2 is 2.19 bits per heavy atom. The van der Waals surface area contributed by atoms with Crippen LogP contribution < -0.4 is 10.9 Å². The van der Waals surface area contributed by atoms with Crippen molar-refractivity contribution in [3.63, 3.8) is 0 Å². The Morgan fingerprint density at radius 3 is 2.90 bits per heavy atom. The fourth-order valence-corrected chi connectivity index (χ4v) is 2.49. The zero-order chi connectivity index (χ0) is 15.4.